The number of amides is 1. The first kappa shape index (κ1) is 18.2. The van der Waals surface area contributed by atoms with Crippen molar-refractivity contribution in [2.24, 2.45) is 0 Å². The molecule has 2 nitrogen and oxygen atoms in total. The molecule has 1 aromatic carbocycles. The molecule has 0 aliphatic carbocycles. The van der Waals surface area contributed by atoms with E-state index in [4.69, 9.17) is 0 Å². The second-order valence-electron chi connectivity index (χ2n) is 6.52. The van der Waals surface area contributed by atoms with E-state index in [0.29, 0.717) is 11.8 Å². The Balaban J connectivity index is 3.19. The van der Waals surface area contributed by atoms with E-state index < -0.39 is 4.32 Å². The number of hydrogen-bond donors (Lipinski definition) is 1. The summed E-state index contributed by atoms with van der Waals surface area (Å²) in [6, 6.07) is 6.30. The lowest BCUT2D eigenvalue weighted by atomic mass is 9.92. The standard InChI is InChI=1S/C18H28BrNO/c1-7-11-18(6,19)17(21)20-16-14(12(2)3)9-8-10-15(16)13(4)5/h8-10,12-13H,7,11H2,1-6H3,(H,20,21). The molecule has 0 radical (unpaired) electrons. The average Bonchev–Trinajstić information content (AvgIpc) is 2.38. The molecule has 0 saturated carbocycles. The largest absolute Gasteiger partial charge is 0.324 e. The fourth-order valence-electron chi connectivity index (χ4n) is 2.52. The highest BCUT2D eigenvalue weighted by Gasteiger charge is 2.30. The van der Waals surface area contributed by atoms with Gasteiger partial charge in [0.25, 0.3) is 0 Å². The van der Waals surface area contributed by atoms with Crippen LogP contribution in [0.3, 0.4) is 0 Å². The summed E-state index contributed by atoms with van der Waals surface area (Å²) in [5.41, 5.74) is 3.40. The van der Waals surface area contributed by atoms with Gasteiger partial charge >= 0.3 is 0 Å². The molecule has 1 aromatic rings. The molecule has 1 atom stereocenters. The average molecular weight is 354 g/mol. The molecule has 0 heterocycles. The van der Waals surface area contributed by atoms with E-state index in [1.807, 2.05) is 6.92 Å². The molecule has 0 spiro atoms. The summed E-state index contributed by atoms with van der Waals surface area (Å²) in [6.45, 7) is 12.7. The second kappa shape index (κ2) is 7.44. The number of carbonyl (C=O) groups excluding carboxylic acids is 1. The van der Waals surface area contributed by atoms with Crippen molar-refractivity contribution in [1.82, 2.24) is 0 Å². The third-order valence-electron chi connectivity index (χ3n) is 3.80. The van der Waals surface area contributed by atoms with Crippen LogP contribution in [0.25, 0.3) is 0 Å². The summed E-state index contributed by atoms with van der Waals surface area (Å²) in [5.74, 6) is 0.804. The highest BCUT2D eigenvalue weighted by Crippen LogP contribution is 2.34. The number of nitrogens with one attached hydrogen (secondary N) is 1. The van der Waals surface area contributed by atoms with Crippen molar-refractivity contribution in [1.29, 1.82) is 0 Å². The molecule has 118 valence electrons. The van der Waals surface area contributed by atoms with Crippen molar-refractivity contribution in [2.45, 2.75) is 70.5 Å². The monoisotopic (exact) mass is 353 g/mol. The summed E-state index contributed by atoms with van der Waals surface area (Å²) in [6.07, 6.45) is 1.79. The van der Waals surface area contributed by atoms with Gasteiger partial charge in [0.05, 0.1) is 0 Å². The Kier molecular flexibility index (Phi) is 6.45. The Labute approximate surface area is 137 Å². The summed E-state index contributed by atoms with van der Waals surface area (Å²) in [7, 11) is 0. The summed E-state index contributed by atoms with van der Waals surface area (Å²) >= 11 is 3.58. The molecule has 0 aromatic heterocycles. The number of para-hydroxylation sites is 1. The van der Waals surface area contributed by atoms with Gasteiger partial charge in [-0.1, -0.05) is 75.2 Å². The van der Waals surface area contributed by atoms with E-state index in [9.17, 15) is 4.79 Å². The molecule has 0 saturated heterocycles. The molecule has 0 aliphatic heterocycles. The first-order valence-corrected chi connectivity index (χ1v) is 8.63. The molecule has 1 N–H and O–H groups in total. The fourth-order valence-corrected chi connectivity index (χ4v) is 3.02. The van der Waals surface area contributed by atoms with Crippen molar-refractivity contribution in [3.63, 3.8) is 0 Å². The highest BCUT2D eigenvalue weighted by atomic mass is 79.9. The van der Waals surface area contributed by atoms with Gasteiger partial charge in [0.1, 0.15) is 4.32 Å². The van der Waals surface area contributed by atoms with Crippen molar-refractivity contribution >= 4 is 27.5 Å². The number of rotatable bonds is 6. The van der Waals surface area contributed by atoms with E-state index in [-0.39, 0.29) is 5.91 Å². The summed E-state index contributed by atoms with van der Waals surface area (Å²) < 4.78 is -0.514. The molecule has 3 heteroatoms. The van der Waals surface area contributed by atoms with Crippen molar-refractivity contribution in [3.8, 4) is 0 Å². The number of anilines is 1. The predicted molar refractivity (Wildman–Crippen MR) is 95.5 cm³/mol. The quantitative estimate of drug-likeness (QED) is 0.640. The van der Waals surface area contributed by atoms with E-state index >= 15 is 0 Å². The Morgan fingerprint density at radius 1 is 1.19 bits per heavy atom. The van der Waals surface area contributed by atoms with Gasteiger partial charge in [-0.05, 0) is 36.3 Å². The van der Waals surface area contributed by atoms with Crippen LogP contribution in [-0.2, 0) is 4.79 Å². The maximum absolute atomic E-state index is 12.6. The molecule has 21 heavy (non-hydrogen) atoms. The van der Waals surface area contributed by atoms with E-state index in [1.54, 1.807) is 0 Å². The minimum absolute atomic E-state index is 0.0411. The van der Waals surface area contributed by atoms with Crippen LogP contribution in [0.15, 0.2) is 18.2 Å². The zero-order valence-corrected chi connectivity index (χ0v) is 15.7. The minimum Gasteiger partial charge on any atom is -0.324 e. The Morgan fingerprint density at radius 3 is 2.05 bits per heavy atom. The maximum atomic E-state index is 12.6. The third-order valence-corrected chi connectivity index (χ3v) is 4.56. The molecule has 0 fully saturated rings. The van der Waals surface area contributed by atoms with E-state index in [1.165, 1.54) is 11.1 Å². The molecule has 0 bridgehead atoms. The minimum atomic E-state index is -0.514. The molecule has 0 aliphatic rings. The van der Waals surface area contributed by atoms with Crippen LogP contribution in [0, 0.1) is 0 Å². The Bertz CT molecular complexity index is 466. The van der Waals surface area contributed by atoms with Gasteiger partial charge in [0.15, 0.2) is 0 Å². The second-order valence-corrected chi connectivity index (χ2v) is 8.27. The van der Waals surface area contributed by atoms with E-state index in [0.717, 1.165) is 18.5 Å². The molecule has 1 unspecified atom stereocenters. The smallest absolute Gasteiger partial charge is 0.240 e. The maximum Gasteiger partial charge on any atom is 0.240 e. The van der Waals surface area contributed by atoms with Crippen LogP contribution in [0.2, 0.25) is 0 Å². The molecular formula is C18H28BrNO. The highest BCUT2D eigenvalue weighted by molar-refractivity contribution is 9.10. The van der Waals surface area contributed by atoms with Gasteiger partial charge in [0.2, 0.25) is 5.91 Å². The number of alkyl halides is 1. The van der Waals surface area contributed by atoms with Crippen LogP contribution in [0.5, 0.6) is 0 Å². The van der Waals surface area contributed by atoms with Crippen LogP contribution in [0.1, 0.15) is 77.3 Å². The number of halogens is 1. The zero-order valence-electron chi connectivity index (χ0n) is 14.1. The van der Waals surface area contributed by atoms with Crippen LogP contribution >= 0.6 is 15.9 Å². The van der Waals surface area contributed by atoms with Gasteiger partial charge in [-0.2, -0.15) is 0 Å². The molecule has 1 amide bonds. The first-order chi connectivity index (χ1) is 9.70. The van der Waals surface area contributed by atoms with Gasteiger partial charge in [-0.3, -0.25) is 4.79 Å². The van der Waals surface area contributed by atoms with Crippen molar-refractivity contribution in [3.05, 3.63) is 29.3 Å². The molecule has 1 rings (SSSR count). The lowest BCUT2D eigenvalue weighted by molar-refractivity contribution is -0.118. The van der Waals surface area contributed by atoms with Crippen molar-refractivity contribution < 1.29 is 4.79 Å². The normalized spacial score (nSPS) is 14.3. The Morgan fingerprint density at radius 2 is 1.67 bits per heavy atom. The lowest BCUT2D eigenvalue weighted by Crippen LogP contribution is -2.34. The summed E-state index contributed by atoms with van der Waals surface area (Å²) in [5, 5.41) is 3.18. The van der Waals surface area contributed by atoms with Crippen LogP contribution < -0.4 is 5.32 Å². The number of hydrogen-bond acceptors (Lipinski definition) is 1. The zero-order chi connectivity index (χ0) is 16.2. The Hall–Kier alpha value is -0.830. The fraction of sp³-hybridized carbons (Fsp3) is 0.611. The van der Waals surface area contributed by atoms with Crippen LogP contribution in [0.4, 0.5) is 5.69 Å². The van der Waals surface area contributed by atoms with Gasteiger partial charge in [-0.15, -0.1) is 0 Å². The number of benzene rings is 1. The lowest BCUT2D eigenvalue weighted by Gasteiger charge is -2.25. The predicted octanol–water partition coefficient (Wildman–Crippen LogP) is 5.83. The van der Waals surface area contributed by atoms with Crippen LogP contribution in [-0.4, -0.2) is 10.2 Å². The summed E-state index contributed by atoms with van der Waals surface area (Å²) in [4.78, 5) is 12.6. The van der Waals surface area contributed by atoms with Crippen molar-refractivity contribution in [2.75, 3.05) is 5.32 Å². The van der Waals surface area contributed by atoms with E-state index in [2.05, 4.69) is 74.1 Å². The SMILES string of the molecule is CCCC(C)(Br)C(=O)Nc1c(C(C)C)cccc1C(C)C. The van der Waals surface area contributed by atoms with Gasteiger partial charge < -0.3 is 5.32 Å². The topological polar surface area (TPSA) is 29.1 Å². The number of carbonyl (C=O) groups is 1. The molecular weight excluding hydrogens is 326 g/mol. The van der Waals surface area contributed by atoms with Gasteiger partial charge in [-0.25, -0.2) is 0 Å². The van der Waals surface area contributed by atoms with Gasteiger partial charge in [0, 0.05) is 5.69 Å². The third kappa shape index (κ3) is 4.57. The first-order valence-electron chi connectivity index (χ1n) is 7.83.